The van der Waals surface area contributed by atoms with Crippen LogP contribution in [0.4, 0.5) is 0 Å². The van der Waals surface area contributed by atoms with Gasteiger partial charge in [0.05, 0.1) is 0 Å². The highest BCUT2D eigenvalue weighted by Crippen LogP contribution is 2.36. The molecule has 122 valence electrons. The number of rotatable bonds is 3. The second kappa shape index (κ2) is 7.66. The molecule has 1 aromatic rings. The van der Waals surface area contributed by atoms with Gasteiger partial charge in [0, 0.05) is 24.1 Å². The van der Waals surface area contributed by atoms with Crippen molar-refractivity contribution in [3.63, 3.8) is 0 Å². The number of hydrogen-bond donors (Lipinski definition) is 1. The third-order valence-electron chi connectivity index (χ3n) is 4.68. The monoisotopic (exact) mass is 388 g/mol. The van der Waals surface area contributed by atoms with E-state index in [1.54, 1.807) is 0 Å². The summed E-state index contributed by atoms with van der Waals surface area (Å²) in [7, 11) is 0. The Hall–Kier alpha value is -0.780. The number of benzene rings is 1. The predicted octanol–water partition coefficient (Wildman–Crippen LogP) is 2.85. The molecule has 0 bridgehead atoms. The molecule has 0 aromatic heterocycles. The Morgan fingerprint density at radius 1 is 1.23 bits per heavy atom. The topological polar surface area (TPSA) is 41.6 Å². The van der Waals surface area contributed by atoms with Gasteiger partial charge in [-0.2, -0.15) is 0 Å². The summed E-state index contributed by atoms with van der Waals surface area (Å²) in [5, 5.41) is 3.45. The van der Waals surface area contributed by atoms with E-state index in [1.807, 2.05) is 29.2 Å². The molecule has 2 fully saturated rings. The summed E-state index contributed by atoms with van der Waals surface area (Å²) in [6, 6.07) is 7.56. The molecule has 1 aromatic carbocycles. The van der Waals surface area contributed by atoms with Crippen LogP contribution in [0.25, 0.3) is 0 Å². The van der Waals surface area contributed by atoms with Crippen LogP contribution in [0.3, 0.4) is 0 Å². The van der Waals surface area contributed by atoms with Crippen LogP contribution in [0.15, 0.2) is 28.7 Å². The zero-order chi connectivity index (χ0) is 14.7. The molecule has 2 saturated heterocycles. The van der Waals surface area contributed by atoms with Crippen molar-refractivity contribution in [3.05, 3.63) is 28.7 Å². The first-order valence-electron chi connectivity index (χ1n) is 7.54. The van der Waals surface area contributed by atoms with Gasteiger partial charge in [-0.25, -0.2) is 0 Å². The van der Waals surface area contributed by atoms with E-state index in [9.17, 15) is 4.79 Å². The molecule has 22 heavy (non-hydrogen) atoms. The summed E-state index contributed by atoms with van der Waals surface area (Å²) in [5.74, 6) is 0.832. The van der Waals surface area contributed by atoms with Crippen LogP contribution in [-0.4, -0.2) is 43.6 Å². The van der Waals surface area contributed by atoms with E-state index in [0.29, 0.717) is 5.41 Å². The van der Waals surface area contributed by atoms with E-state index in [1.165, 1.54) is 6.42 Å². The lowest BCUT2D eigenvalue weighted by Crippen LogP contribution is -2.45. The van der Waals surface area contributed by atoms with E-state index < -0.39 is 0 Å². The summed E-state index contributed by atoms with van der Waals surface area (Å²) in [5.41, 5.74) is 0.448. The Labute approximate surface area is 146 Å². The SMILES string of the molecule is Cl.O=C(COc1ccc(Br)cc1)N1CCC2(CCNC2)CC1. The quantitative estimate of drug-likeness (QED) is 0.864. The highest BCUT2D eigenvalue weighted by Gasteiger charge is 2.37. The lowest BCUT2D eigenvalue weighted by molar-refractivity contribution is -0.135. The zero-order valence-corrected chi connectivity index (χ0v) is 14.9. The zero-order valence-electron chi connectivity index (χ0n) is 12.5. The van der Waals surface area contributed by atoms with Crippen LogP contribution in [0.2, 0.25) is 0 Å². The number of nitrogens with one attached hydrogen (secondary N) is 1. The molecule has 4 nitrogen and oxygen atoms in total. The molecule has 3 rings (SSSR count). The maximum absolute atomic E-state index is 12.2. The normalized spacial score (nSPS) is 19.8. The fraction of sp³-hybridized carbons (Fsp3) is 0.562. The molecular formula is C16H22BrClN2O2. The number of amides is 1. The van der Waals surface area contributed by atoms with Crippen LogP contribution in [0, 0.1) is 5.41 Å². The van der Waals surface area contributed by atoms with Crippen molar-refractivity contribution in [1.29, 1.82) is 0 Å². The maximum atomic E-state index is 12.2. The first-order valence-corrected chi connectivity index (χ1v) is 8.33. The van der Waals surface area contributed by atoms with Gasteiger partial charge in [0.1, 0.15) is 5.75 Å². The van der Waals surface area contributed by atoms with E-state index in [2.05, 4.69) is 21.2 Å². The van der Waals surface area contributed by atoms with Crippen LogP contribution < -0.4 is 10.1 Å². The maximum Gasteiger partial charge on any atom is 0.260 e. The van der Waals surface area contributed by atoms with Gasteiger partial charge in [0.2, 0.25) is 0 Å². The molecule has 0 saturated carbocycles. The number of ether oxygens (including phenoxy) is 1. The van der Waals surface area contributed by atoms with Gasteiger partial charge in [0.15, 0.2) is 6.61 Å². The van der Waals surface area contributed by atoms with E-state index in [0.717, 1.165) is 49.2 Å². The van der Waals surface area contributed by atoms with Crippen LogP contribution in [0.1, 0.15) is 19.3 Å². The third-order valence-corrected chi connectivity index (χ3v) is 5.21. The molecule has 1 N–H and O–H groups in total. The van der Waals surface area contributed by atoms with Crippen LogP contribution >= 0.6 is 28.3 Å². The number of halogens is 2. The molecule has 2 aliphatic heterocycles. The number of carbonyl (C=O) groups excluding carboxylic acids is 1. The molecule has 6 heteroatoms. The largest absolute Gasteiger partial charge is 0.484 e. The van der Waals surface area contributed by atoms with Crippen molar-refractivity contribution in [3.8, 4) is 5.75 Å². The molecule has 0 atom stereocenters. The smallest absolute Gasteiger partial charge is 0.260 e. The summed E-state index contributed by atoms with van der Waals surface area (Å²) in [4.78, 5) is 14.2. The lowest BCUT2D eigenvalue weighted by Gasteiger charge is -2.38. The fourth-order valence-electron chi connectivity index (χ4n) is 3.22. The van der Waals surface area contributed by atoms with Crippen molar-refractivity contribution in [2.45, 2.75) is 19.3 Å². The second-order valence-corrected chi connectivity index (χ2v) is 6.97. The van der Waals surface area contributed by atoms with Crippen LogP contribution in [-0.2, 0) is 4.79 Å². The number of piperidine rings is 1. The summed E-state index contributed by atoms with van der Waals surface area (Å²) in [6.45, 7) is 4.10. The number of carbonyl (C=O) groups is 1. The molecule has 1 amide bonds. The summed E-state index contributed by atoms with van der Waals surface area (Å²) in [6.07, 6.45) is 3.48. The van der Waals surface area contributed by atoms with Crippen molar-refractivity contribution in [2.75, 3.05) is 32.8 Å². The van der Waals surface area contributed by atoms with Crippen molar-refractivity contribution in [2.24, 2.45) is 5.41 Å². The highest BCUT2D eigenvalue weighted by molar-refractivity contribution is 9.10. The molecular weight excluding hydrogens is 368 g/mol. The van der Waals surface area contributed by atoms with Crippen LogP contribution in [0.5, 0.6) is 5.75 Å². The molecule has 1 spiro atoms. The number of hydrogen-bond acceptors (Lipinski definition) is 3. The minimum absolute atomic E-state index is 0. The summed E-state index contributed by atoms with van der Waals surface area (Å²) >= 11 is 3.38. The fourth-order valence-corrected chi connectivity index (χ4v) is 3.48. The van der Waals surface area contributed by atoms with Crippen molar-refractivity contribution < 1.29 is 9.53 Å². The average Bonchev–Trinajstić information content (AvgIpc) is 2.95. The van der Waals surface area contributed by atoms with Gasteiger partial charge in [-0.3, -0.25) is 4.79 Å². The third kappa shape index (κ3) is 4.15. The molecule has 2 aliphatic rings. The van der Waals surface area contributed by atoms with Gasteiger partial charge in [-0.1, -0.05) is 15.9 Å². The van der Waals surface area contributed by atoms with Gasteiger partial charge in [-0.15, -0.1) is 12.4 Å². The first kappa shape index (κ1) is 17.6. The number of likely N-dealkylation sites (tertiary alicyclic amines) is 1. The standard InChI is InChI=1S/C16H21BrN2O2.ClH/c17-13-1-3-14(4-2-13)21-11-15(20)19-9-6-16(7-10-19)5-8-18-12-16;/h1-4,18H,5-12H2;1H. The minimum atomic E-state index is 0. The Morgan fingerprint density at radius 3 is 2.50 bits per heavy atom. The summed E-state index contributed by atoms with van der Waals surface area (Å²) < 4.78 is 6.58. The molecule has 0 radical (unpaired) electrons. The van der Waals surface area contributed by atoms with Gasteiger partial charge in [-0.05, 0) is 55.5 Å². The van der Waals surface area contributed by atoms with Crippen molar-refractivity contribution >= 4 is 34.2 Å². The minimum Gasteiger partial charge on any atom is -0.484 e. The lowest BCUT2D eigenvalue weighted by atomic mass is 9.78. The number of nitrogens with zero attached hydrogens (tertiary/aromatic N) is 1. The Kier molecular flexibility index (Phi) is 6.12. The molecule has 2 heterocycles. The Morgan fingerprint density at radius 2 is 1.91 bits per heavy atom. The molecule has 0 unspecified atom stereocenters. The van der Waals surface area contributed by atoms with E-state index >= 15 is 0 Å². The van der Waals surface area contributed by atoms with E-state index in [-0.39, 0.29) is 24.9 Å². The average molecular weight is 390 g/mol. The van der Waals surface area contributed by atoms with Crippen molar-refractivity contribution in [1.82, 2.24) is 10.2 Å². The van der Waals surface area contributed by atoms with Gasteiger partial charge >= 0.3 is 0 Å². The predicted molar refractivity (Wildman–Crippen MR) is 92.6 cm³/mol. The van der Waals surface area contributed by atoms with E-state index in [4.69, 9.17) is 4.74 Å². The Bertz CT molecular complexity index is 493. The first-order chi connectivity index (χ1) is 10.2. The van der Waals surface area contributed by atoms with Gasteiger partial charge in [0.25, 0.3) is 5.91 Å². The van der Waals surface area contributed by atoms with Gasteiger partial charge < -0.3 is 15.0 Å². The highest BCUT2D eigenvalue weighted by atomic mass is 79.9. The second-order valence-electron chi connectivity index (χ2n) is 6.05. The Balaban J connectivity index is 0.00000176. The molecule has 0 aliphatic carbocycles.